The number of benzene rings is 4. The molecule has 1 aliphatic heterocycles. The van der Waals surface area contributed by atoms with E-state index in [0.717, 1.165) is 45.3 Å². The Morgan fingerprint density at radius 1 is 0.822 bits per heavy atom. The monoisotopic (exact) mass is 615 g/mol. The lowest BCUT2D eigenvalue weighted by Crippen LogP contribution is -2.36. The van der Waals surface area contributed by atoms with E-state index in [1.807, 2.05) is 53.4 Å². The summed E-state index contributed by atoms with van der Waals surface area (Å²) in [6.07, 6.45) is -4.09. The molecule has 8 nitrogen and oxygen atoms in total. The third-order valence-electron chi connectivity index (χ3n) is 7.68. The van der Waals surface area contributed by atoms with Gasteiger partial charge in [-0.1, -0.05) is 18.2 Å². The topological polar surface area (TPSA) is 92.9 Å². The van der Waals surface area contributed by atoms with Crippen LogP contribution in [0.25, 0.3) is 22.0 Å². The first kappa shape index (κ1) is 29.6. The van der Waals surface area contributed by atoms with E-state index < -0.39 is 18.0 Å². The first-order valence-corrected chi connectivity index (χ1v) is 14.0. The van der Waals surface area contributed by atoms with Gasteiger partial charge in [-0.25, -0.2) is 0 Å². The molecule has 0 unspecified atom stereocenters. The van der Waals surface area contributed by atoms with Crippen molar-refractivity contribution in [2.45, 2.75) is 19.3 Å². The number of hydrogen-bond donors (Lipinski definition) is 2. The molecular weight excluding hydrogens is 587 g/mol. The maximum Gasteiger partial charge on any atom is 0.573 e. The molecule has 11 heteroatoms. The molecule has 5 aromatic rings. The number of alkyl halides is 3. The van der Waals surface area contributed by atoms with E-state index in [-0.39, 0.29) is 11.5 Å². The summed E-state index contributed by atoms with van der Waals surface area (Å²) in [5.74, 6) is 0.347. The van der Waals surface area contributed by atoms with Crippen molar-refractivity contribution >= 4 is 28.4 Å². The third kappa shape index (κ3) is 6.42. The van der Waals surface area contributed by atoms with Gasteiger partial charge in [0.25, 0.3) is 11.8 Å². The third-order valence-corrected chi connectivity index (χ3v) is 7.68. The Balaban J connectivity index is 1.13. The number of hydrogen-bond acceptors (Lipinski definition) is 5. The van der Waals surface area contributed by atoms with Crippen molar-refractivity contribution in [3.8, 4) is 28.4 Å². The van der Waals surface area contributed by atoms with E-state index in [4.69, 9.17) is 9.47 Å². The maximum absolute atomic E-state index is 13.5. The van der Waals surface area contributed by atoms with Crippen LogP contribution in [-0.2, 0) is 13.0 Å². The SMILES string of the molecule is COc1cc2c(cc1OC)CN(C(=O)c1cc3cc(-c4ccc(NC(=O)c5ccc(OC(F)(F)F)cc5)cc4)ccc3[nH]1)CC2. The van der Waals surface area contributed by atoms with Gasteiger partial charge in [-0.05, 0) is 95.4 Å². The molecule has 45 heavy (non-hydrogen) atoms. The Bertz CT molecular complexity index is 1880. The summed E-state index contributed by atoms with van der Waals surface area (Å²) < 4.78 is 51.8. The normalized spacial score (nSPS) is 12.9. The van der Waals surface area contributed by atoms with Crippen LogP contribution in [0.5, 0.6) is 17.2 Å². The Labute approximate surface area is 256 Å². The number of aromatic amines is 1. The van der Waals surface area contributed by atoms with Gasteiger partial charge in [0.1, 0.15) is 11.4 Å². The van der Waals surface area contributed by atoms with Crippen molar-refractivity contribution in [1.29, 1.82) is 0 Å². The Morgan fingerprint density at radius 2 is 1.49 bits per heavy atom. The second-order valence-electron chi connectivity index (χ2n) is 10.5. The smallest absolute Gasteiger partial charge is 0.493 e. The van der Waals surface area contributed by atoms with Crippen molar-refractivity contribution in [2.75, 3.05) is 26.1 Å². The summed E-state index contributed by atoms with van der Waals surface area (Å²) in [5.41, 5.74) is 6.03. The summed E-state index contributed by atoms with van der Waals surface area (Å²) in [4.78, 5) is 31.1. The van der Waals surface area contributed by atoms with Gasteiger partial charge in [-0.3, -0.25) is 9.59 Å². The quantitative estimate of drug-likeness (QED) is 0.202. The summed E-state index contributed by atoms with van der Waals surface area (Å²) in [5, 5.41) is 3.62. The van der Waals surface area contributed by atoms with Crippen molar-refractivity contribution in [2.24, 2.45) is 0 Å². The Morgan fingerprint density at radius 3 is 2.16 bits per heavy atom. The van der Waals surface area contributed by atoms with Gasteiger partial charge in [0.2, 0.25) is 0 Å². The lowest BCUT2D eigenvalue weighted by molar-refractivity contribution is -0.274. The van der Waals surface area contributed by atoms with Gasteiger partial charge in [0.05, 0.1) is 14.2 Å². The molecule has 1 aromatic heterocycles. The number of rotatable bonds is 7. The molecule has 0 atom stereocenters. The fourth-order valence-corrected chi connectivity index (χ4v) is 5.41. The number of fused-ring (bicyclic) bond motifs is 2. The Kier molecular flexibility index (Phi) is 7.84. The molecule has 0 fully saturated rings. The highest BCUT2D eigenvalue weighted by Crippen LogP contribution is 2.34. The molecular formula is C34H28F3N3O5. The van der Waals surface area contributed by atoms with Crippen molar-refractivity contribution in [1.82, 2.24) is 9.88 Å². The first-order valence-electron chi connectivity index (χ1n) is 14.0. The number of nitrogens with one attached hydrogen (secondary N) is 2. The van der Waals surface area contributed by atoms with Gasteiger partial charge in [0, 0.05) is 35.2 Å². The number of amides is 2. The average Bonchev–Trinajstić information content (AvgIpc) is 3.47. The predicted molar refractivity (Wildman–Crippen MR) is 163 cm³/mol. The van der Waals surface area contributed by atoms with E-state index in [2.05, 4.69) is 15.0 Å². The van der Waals surface area contributed by atoms with Gasteiger partial charge >= 0.3 is 6.36 Å². The van der Waals surface area contributed by atoms with Crippen LogP contribution in [0.3, 0.4) is 0 Å². The minimum atomic E-state index is -4.80. The van der Waals surface area contributed by atoms with Gasteiger partial charge in [0.15, 0.2) is 11.5 Å². The number of aromatic nitrogens is 1. The largest absolute Gasteiger partial charge is 0.573 e. The zero-order chi connectivity index (χ0) is 31.7. The summed E-state index contributed by atoms with van der Waals surface area (Å²) >= 11 is 0. The average molecular weight is 616 g/mol. The van der Waals surface area contributed by atoms with Crippen LogP contribution in [0.15, 0.2) is 84.9 Å². The van der Waals surface area contributed by atoms with Gasteiger partial charge < -0.3 is 29.4 Å². The molecule has 1 aliphatic rings. The summed E-state index contributed by atoms with van der Waals surface area (Å²) in [7, 11) is 3.20. The lowest BCUT2D eigenvalue weighted by Gasteiger charge is -2.29. The van der Waals surface area contributed by atoms with Crippen LogP contribution in [-0.4, -0.2) is 48.8 Å². The molecule has 0 bridgehead atoms. The van der Waals surface area contributed by atoms with Gasteiger partial charge in [-0.15, -0.1) is 13.2 Å². The van der Waals surface area contributed by atoms with Crippen LogP contribution in [0, 0.1) is 0 Å². The molecule has 4 aromatic carbocycles. The van der Waals surface area contributed by atoms with Crippen LogP contribution >= 0.6 is 0 Å². The maximum atomic E-state index is 13.5. The fourth-order valence-electron chi connectivity index (χ4n) is 5.41. The highest BCUT2D eigenvalue weighted by Gasteiger charge is 2.31. The molecule has 0 radical (unpaired) electrons. The van der Waals surface area contributed by atoms with Crippen molar-refractivity contribution in [3.63, 3.8) is 0 Å². The first-order chi connectivity index (χ1) is 21.6. The van der Waals surface area contributed by atoms with Gasteiger partial charge in [-0.2, -0.15) is 0 Å². The lowest BCUT2D eigenvalue weighted by atomic mass is 9.98. The second-order valence-corrected chi connectivity index (χ2v) is 10.5. The number of ether oxygens (including phenoxy) is 3. The predicted octanol–water partition coefficient (Wildman–Crippen LogP) is 7.20. The molecule has 2 N–H and O–H groups in total. The molecule has 0 saturated heterocycles. The molecule has 0 spiro atoms. The number of halogens is 3. The number of anilines is 1. The fraction of sp³-hybridized carbons (Fsp3) is 0.176. The van der Waals surface area contributed by atoms with Crippen LogP contribution < -0.4 is 19.5 Å². The second kappa shape index (κ2) is 11.9. The minimum absolute atomic E-state index is 0.0872. The van der Waals surface area contributed by atoms with Crippen LogP contribution in [0.2, 0.25) is 0 Å². The Hall–Kier alpha value is -5.45. The van der Waals surface area contributed by atoms with Crippen LogP contribution in [0.4, 0.5) is 18.9 Å². The highest BCUT2D eigenvalue weighted by atomic mass is 19.4. The summed E-state index contributed by atoms with van der Waals surface area (Å²) in [6, 6.07) is 23.5. The van der Waals surface area contributed by atoms with Crippen molar-refractivity contribution in [3.05, 3.63) is 107 Å². The number of nitrogens with zero attached hydrogens (tertiary/aromatic N) is 1. The van der Waals surface area contributed by atoms with E-state index in [0.29, 0.717) is 42.4 Å². The zero-order valence-corrected chi connectivity index (χ0v) is 24.3. The number of H-pyrrole nitrogens is 1. The minimum Gasteiger partial charge on any atom is -0.493 e. The van der Waals surface area contributed by atoms with Crippen molar-refractivity contribution < 1.29 is 37.0 Å². The van der Waals surface area contributed by atoms with E-state index in [9.17, 15) is 22.8 Å². The zero-order valence-electron chi connectivity index (χ0n) is 24.3. The molecule has 2 amide bonds. The molecule has 6 rings (SSSR count). The highest BCUT2D eigenvalue weighted by molar-refractivity contribution is 6.04. The molecule has 0 saturated carbocycles. The molecule has 230 valence electrons. The summed E-state index contributed by atoms with van der Waals surface area (Å²) in [6.45, 7) is 1.05. The number of methoxy groups -OCH3 is 2. The van der Waals surface area contributed by atoms with Crippen LogP contribution in [0.1, 0.15) is 32.0 Å². The number of carbonyl (C=O) groups is 2. The van der Waals surface area contributed by atoms with E-state index in [1.165, 1.54) is 12.1 Å². The standard InChI is InChI=1S/C34H28F3N3O5/c1-43-30-17-23-13-14-40(19-25(23)18-31(30)44-2)33(42)29-16-24-15-22(7-12-28(24)39-29)20-3-8-26(9-4-20)38-32(41)21-5-10-27(11-6-21)45-34(35,36)37/h3-12,15-18,39H,13-14,19H2,1-2H3,(H,38,41). The molecule has 0 aliphatic carbocycles. The molecule has 2 heterocycles. The van der Waals surface area contributed by atoms with E-state index >= 15 is 0 Å². The van der Waals surface area contributed by atoms with E-state index in [1.54, 1.807) is 26.4 Å². The number of carbonyl (C=O) groups excluding carboxylic acids is 2.